The van der Waals surface area contributed by atoms with Crippen molar-refractivity contribution in [3.05, 3.63) is 0 Å². The van der Waals surface area contributed by atoms with Crippen LogP contribution in [-0.4, -0.2) is 40.1 Å². The normalized spacial score (nSPS) is 15.5. The van der Waals surface area contributed by atoms with Crippen LogP contribution in [-0.2, 0) is 14.4 Å². The predicted octanol–water partition coefficient (Wildman–Crippen LogP) is -0.206. The highest BCUT2D eigenvalue weighted by Gasteiger charge is 2.25. The van der Waals surface area contributed by atoms with Gasteiger partial charge in [0.2, 0.25) is 5.91 Å². The molecule has 7 nitrogen and oxygen atoms in total. The Morgan fingerprint density at radius 1 is 1.28 bits per heavy atom. The zero-order valence-corrected chi connectivity index (χ0v) is 10.5. The third-order valence-corrected chi connectivity index (χ3v) is 2.82. The molecule has 0 rings (SSSR count). The minimum atomic E-state index is -1.26. The van der Waals surface area contributed by atoms with Gasteiger partial charge in [-0.2, -0.15) is 0 Å². The number of carbonyl (C=O) groups is 3. The molecule has 0 radical (unpaired) electrons. The first-order valence-corrected chi connectivity index (χ1v) is 5.80. The van der Waals surface area contributed by atoms with Crippen LogP contribution in [0.3, 0.4) is 0 Å². The molecule has 0 aliphatic carbocycles. The van der Waals surface area contributed by atoms with Crippen LogP contribution in [0.5, 0.6) is 0 Å². The Labute approximate surface area is 105 Å². The van der Waals surface area contributed by atoms with Crippen LogP contribution in [0.2, 0.25) is 0 Å². The summed E-state index contributed by atoms with van der Waals surface area (Å²) in [5, 5.41) is 19.6. The Kier molecular flexibility index (Phi) is 6.96. The van der Waals surface area contributed by atoms with Gasteiger partial charge in [-0.25, -0.2) is 4.79 Å². The van der Waals surface area contributed by atoms with Gasteiger partial charge in [0, 0.05) is 6.42 Å². The molecule has 0 saturated heterocycles. The molecule has 2 unspecified atom stereocenters. The maximum Gasteiger partial charge on any atom is 0.326 e. The number of amides is 1. The van der Waals surface area contributed by atoms with Crippen molar-refractivity contribution in [2.75, 3.05) is 0 Å². The van der Waals surface area contributed by atoms with E-state index in [1.54, 1.807) is 6.92 Å². The molecule has 0 saturated carbocycles. The zero-order chi connectivity index (χ0) is 14.3. The zero-order valence-electron chi connectivity index (χ0n) is 10.5. The number of hydrogen-bond acceptors (Lipinski definition) is 4. The first-order chi connectivity index (χ1) is 8.29. The Bertz CT molecular complexity index is 319. The maximum absolute atomic E-state index is 11.7. The lowest BCUT2D eigenvalue weighted by Crippen LogP contribution is -2.50. The van der Waals surface area contributed by atoms with Crippen molar-refractivity contribution < 1.29 is 24.6 Å². The number of aliphatic carboxylic acids is 2. The van der Waals surface area contributed by atoms with Crippen molar-refractivity contribution in [3.8, 4) is 0 Å². The second-order valence-electron chi connectivity index (χ2n) is 4.24. The molecule has 0 aromatic rings. The fourth-order valence-corrected chi connectivity index (χ4v) is 1.31. The van der Waals surface area contributed by atoms with Gasteiger partial charge in [-0.05, 0) is 12.3 Å². The van der Waals surface area contributed by atoms with Gasteiger partial charge in [0.25, 0.3) is 0 Å². The lowest BCUT2D eigenvalue weighted by atomic mass is 9.99. The van der Waals surface area contributed by atoms with Gasteiger partial charge in [-0.1, -0.05) is 20.3 Å². The molecule has 18 heavy (non-hydrogen) atoms. The highest BCUT2D eigenvalue weighted by atomic mass is 16.4. The topological polar surface area (TPSA) is 130 Å². The minimum absolute atomic E-state index is 0.0704. The summed E-state index contributed by atoms with van der Waals surface area (Å²) in [6.07, 6.45) is 0.209. The summed E-state index contributed by atoms with van der Waals surface area (Å²) in [4.78, 5) is 32.9. The lowest BCUT2D eigenvalue weighted by Gasteiger charge is -2.20. The fraction of sp³-hybridized carbons (Fsp3) is 0.727. The molecule has 5 N–H and O–H groups in total. The SMILES string of the molecule is CCC(C)[C@H](N)C(=O)NC(CCC(=O)O)C(=O)O. The molecule has 0 aliphatic rings. The van der Waals surface area contributed by atoms with E-state index >= 15 is 0 Å². The number of carbonyl (C=O) groups excluding carboxylic acids is 1. The summed E-state index contributed by atoms with van der Waals surface area (Å²) in [6, 6.07) is -2.01. The Balaban J connectivity index is 4.45. The van der Waals surface area contributed by atoms with Gasteiger partial charge in [-0.3, -0.25) is 9.59 Å². The van der Waals surface area contributed by atoms with E-state index < -0.39 is 29.9 Å². The van der Waals surface area contributed by atoms with E-state index in [0.717, 1.165) is 0 Å². The minimum Gasteiger partial charge on any atom is -0.481 e. The molecular formula is C11H20N2O5. The van der Waals surface area contributed by atoms with Crippen molar-refractivity contribution >= 4 is 17.8 Å². The number of nitrogens with two attached hydrogens (primary N) is 1. The van der Waals surface area contributed by atoms with Crippen LogP contribution >= 0.6 is 0 Å². The second kappa shape index (κ2) is 7.65. The molecule has 3 atom stereocenters. The first kappa shape index (κ1) is 16.4. The predicted molar refractivity (Wildman–Crippen MR) is 63.9 cm³/mol. The molecule has 7 heteroatoms. The second-order valence-corrected chi connectivity index (χ2v) is 4.24. The molecule has 0 aromatic carbocycles. The number of nitrogens with one attached hydrogen (secondary N) is 1. The smallest absolute Gasteiger partial charge is 0.326 e. The molecule has 0 aliphatic heterocycles. The monoisotopic (exact) mass is 260 g/mol. The van der Waals surface area contributed by atoms with Crippen molar-refractivity contribution in [2.24, 2.45) is 11.7 Å². The molecule has 104 valence electrons. The van der Waals surface area contributed by atoms with Gasteiger partial charge < -0.3 is 21.3 Å². The van der Waals surface area contributed by atoms with E-state index in [-0.39, 0.29) is 18.8 Å². The van der Waals surface area contributed by atoms with Gasteiger partial charge >= 0.3 is 11.9 Å². The van der Waals surface area contributed by atoms with Crippen molar-refractivity contribution in [1.29, 1.82) is 0 Å². The molecular weight excluding hydrogens is 240 g/mol. The third kappa shape index (κ3) is 5.62. The summed E-state index contributed by atoms with van der Waals surface area (Å²) in [5.74, 6) is -3.01. The van der Waals surface area contributed by atoms with Gasteiger partial charge in [0.1, 0.15) is 6.04 Å². The average molecular weight is 260 g/mol. The lowest BCUT2D eigenvalue weighted by molar-refractivity contribution is -0.143. The van der Waals surface area contributed by atoms with Crippen molar-refractivity contribution in [3.63, 3.8) is 0 Å². The quantitative estimate of drug-likeness (QED) is 0.478. The Morgan fingerprint density at radius 3 is 2.22 bits per heavy atom. The van der Waals surface area contributed by atoms with E-state index in [4.69, 9.17) is 15.9 Å². The fourth-order valence-electron chi connectivity index (χ4n) is 1.31. The Morgan fingerprint density at radius 2 is 1.83 bits per heavy atom. The van der Waals surface area contributed by atoms with Crippen LogP contribution in [0.25, 0.3) is 0 Å². The van der Waals surface area contributed by atoms with Crippen molar-refractivity contribution in [2.45, 2.75) is 45.2 Å². The number of carboxylic acid groups (broad SMARTS) is 2. The summed E-state index contributed by atoms with van der Waals surface area (Å²) in [5.41, 5.74) is 5.65. The summed E-state index contributed by atoms with van der Waals surface area (Å²) >= 11 is 0. The summed E-state index contributed by atoms with van der Waals surface area (Å²) < 4.78 is 0. The standard InChI is InChI=1S/C11H20N2O5/c1-3-6(2)9(12)10(16)13-7(11(17)18)4-5-8(14)15/h6-7,9H,3-5,12H2,1-2H3,(H,13,16)(H,14,15)(H,17,18)/t6?,7?,9-/m0/s1. The summed E-state index contributed by atoms with van der Waals surface area (Å²) in [6.45, 7) is 3.66. The molecule has 0 spiro atoms. The van der Waals surface area contributed by atoms with Gasteiger partial charge in [0.15, 0.2) is 0 Å². The van der Waals surface area contributed by atoms with Crippen LogP contribution in [0, 0.1) is 5.92 Å². The van der Waals surface area contributed by atoms with E-state index in [9.17, 15) is 14.4 Å². The van der Waals surface area contributed by atoms with Crippen molar-refractivity contribution in [1.82, 2.24) is 5.32 Å². The van der Waals surface area contributed by atoms with E-state index in [1.807, 2.05) is 6.92 Å². The maximum atomic E-state index is 11.7. The van der Waals surface area contributed by atoms with Crippen LogP contribution in [0.1, 0.15) is 33.1 Å². The van der Waals surface area contributed by atoms with E-state index in [2.05, 4.69) is 5.32 Å². The third-order valence-electron chi connectivity index (χ3n) is 2.82. The highest BCUT2D eigenvalue weighted by Crippen LogP contribution is 2.06. The molecule has 0 fully saturated rings. The van der Waals surface area contributed by atoms with E-state index in [1.165, 1.54) is 0 Å². The molecule has 1 amide bonds. The largest absolute Gasteiger partial charge is 0.481 e. The van der Waals surface area contributed by atoms with E-state index in [0.29, 0.717) is 6.42 Å². The number of rotatable bonds is 8. The van der Waals surface area contributed by atoms with Crippen LogP contribution in [0.15, 0.2) is 0 Å². The molecule has 0 aromatic heterocycles. The average Bonchev–Trinajstić information content (AvgIpc) is 2.31. The molecule has 0 bridgehead atoms. The first-order valence-electron chi connectivity index (χ1n) is 5.80. The molecule has 0 heterocycles. The number of hydrogen-bond donors (Lipinski definition) is 4. The highest BCUT2D eigenvalue weighted by molar-refractivity contribution is 5.87. The van der Waals surface area contributed by atoms with Gasteiger partial charge in [0.05, 0.1) is 6.04 Å². The van der Waals surface area contributed by atoms with Crippen LogP contribution in [0.4, 0.5) is 0 Å². The van der Waals surface area contributed by atoms with Crippen LogP contribution < -0.4 is 11.1 Å². The number of carboxylic acids is 2. The Hall–Kier alpha value is -1.63. The van der Waals surface area contributed by atoms with Gasteiger partial charge in [-0.15, -0.1) is 0 Å². The summed E-state index contributed by atoms with van der Waals surface area (Å²) in [7, 11) is 0.